The Morgan fingerprint density at radius 2 is 1.83 bits per heavy atom. The van der Waals surface area contributed by atoms with Crippen LogP contribution in [0.2, 0.25) is 0 Å². The molecule has 4 aromatic rings. The standard InChI is InChI=1S/C20H17N3O/c1-13-2-4-14(5-3-13)19(24)16-10-15(11-21-12-16)17-6-8-22-20-18(17)7-9-23-20/h2-12,19,24H,1H3,(H,22,23). The lowest BCUT2D eigenvalue weighted by molar-refractivity contribution is 0.220. The molecule has 24 heavy (non-hydrogen) atoms. The second kappa shape index (κ2) is 5.91. The highest BCUT2D eigenvalue weighted by atomic mass is 16.3. The zero-order valence-electron chi connectivity index (χ0n) is 13.3. The minimum Gasteiger partial charge on any atom is -0.384 e. The summed E-state index contributed by atoms with van der Waals surface area (Å²) in [7, 11) is 0. The van der Waals surface area contributed by atoms with Gasteiger partial charge in [0.05, 0.1) is 0 Å². The highest BCUT2D eigenvalue weighted by Gasteiger charge is 2.13. The summed E-state index contributed by atoms with van der Waals surface area (Å²) < 4.78 is 0. The van der Waals surface area contributed by atoms with Gasteiger partial charge in [0.25, 0.3) is 0 Å². The van der Waals surface area contributed by atoms with E-state index in [9.17, 15) is 5.11 Å². The summed E-state index contributed by atoms with van der Waals surface area (Å²) in [5, 5.41) is 11.7. The number of aromatic nitrogens is 3. The van der Waals surface area contributed by atoms with Crippen LogP contribution >= 0.6 is 0 Å². The lowest BCUT2D eigenvalue weighted by Gasteiger charge is -2.13. The number of nitrogens with one attached hydrogen (secondary N) is 1. The van der Waals surface area contributed by atoms with Crippen molar-refractivity contribution in [3.05, 3.63) is 83.9 Å². The Balaban J connectivity index is 1.76. The average Bonchev–Trinajstić information content (AvgIpc) is 3.10. The molecule has 118 valence electrons. The fourth-order valence-electron chi connectivity index (χ4n) is 2.91. The molecule has 0 radical (unpaired) electrons. The van der Waals surface area contributed by atoms with Gasteiger partial charge in [-0.3, -0.25) is 4.98 Å². The normalized spacial score (nSPS) is 12.4. The zero-order chi connectivity index (χ0) is 16.5. The first-order valence-corrected chi connectivity index (χ1v) is 7.84. The van der Waals surface area contributed by atoms with Crippen molar-refractivity contribution in [2.24, 2.45) is 0 Å². The summed E-state index contributed by atoms with van der Waals surface area (Å²) in [5.41, 5.74) is 5.66. The van der Waals surface area contributed by atoms with Crippen molar-refractivity contribution < 1.29 is 5.11 Å². The molecule has 2 N–H and O–H groups in total. The Hall–Kier alpha value is -2.98. The van der Waals surface area contributed by atoms with Crippen LogP contribution < -0.4 is 0 Å². The van der Waals surface area contributed by atoms with Gasteiger partial charge in [-0.2, -0.15) is 0 Å². The number of fused-ring (bicyclic) bond motifs is 1. The number of benzene rings is 1. The Morgan fingerprint density at radius 3 is 2.67 bits per heavy atom. The van der Waals surface area contributed by atoms with E-state index in [4.69, 9.17) is 0 Å². The zero-order valence-corrected chi connectivity index (χ0v) is 13.3. The molecule has 0 aliphatic heterocycles. The topological polar surface area (TPSA) is 61.8 Å². The van der Waals surface area contributed by atoms with Crippen LogP contribution in [-0.2, 0) is 0 Å². The number of hydrogen-bond donors (Lipinski definition) is 2. The molecule has 0 fully saturated rings. The summed E-state index contributed by atoms with van der Waals surface area (Å²) >= 11 is 0. The third-order valence-electron chi connectivity index (χ3n) is 4.24. The third kappa shape index (κ3) is 2.57. The number of aliphatic hydroxyl groups excluding tert-OH is 1. The van der Waals surface area contributed by atoms with Crippen molar-refractivity contribution >= 4 is 11.0 Å². The minimum atomic E-state index is -0.693. The fraction of sp³-hybridized carbons (Fsp3) is 0.100. The molecule has 0 saturated heterocycles. The van der Waals surface area contributed by atoms with E-state index < -0.39 is 6.10 Å². The quantitative estimate of drug-likeness (QED) is 0.600. The second-order valence-corrected chi connectivity index (χ2v) is 5.92. The number of aliphatic hydroxyl groups is 1. The molecule has 0 amide bonds. The highest BCUT2D eigenvalue weighted by molar-refractivity contribution is 5.92. The van der Waals surface area contributed by atoms with Crippen LogP contribution in [0.5, 0.6) is 0 Å². The van der Waals surface area contributed by atoms with E-state index in [1.807, 2.05) is 61.8 Å². The molecule has 3 heterocycles. The van der Waals surface area contributed by atoms with Crippen LogP contribution in [0, 0.1) is 6.92 Å². The number of aryl methyl sites for hydroxylation is 1. The molecule has 1 aromatic carbocycles. The van der Waals surface area contributed by atoms with Crippen molar-refractivity contribution in [2.45, 2.75) is 13.0 Å². The smallest absolute Gasteiger partial charge is 0.137 e. The van der Waals surface area contributed by atoms with Crippen LogP contribution in [0.25, 0.3) is 22.2 Å². The Kier molecular flexibility index (Phi) is 3.59. The fourth-order valence-corrected chi connectivity index (χ4v) is 2.91. The van der Waals surface area contributed by atoms with E-state index in [1.54, 1.807) is 12.4 Å². The molecular weight excluding hydrogens is 298 g/mol. The van der Waals surface area contributed by atoms with Crippen molar-refractivity contribution in [3.63, 3.8) is 0 Å². The van der Waals surface area contributed by atoms with Crippen LogP contribution in [-0.4, -0.2) is 20.1 Å². The predicted octanol–water partition coefficient (Wildman–Crippen LogP) is 4.02. The summed E-state index contributed by atoms with van der Waals surface area (Å²) in [4.78, 5) is 11.8. The largest absolute Gasteiger partial charge is 0.384 e. The van der Waals surface area contributed by atoms with Crippen molar-refractivity contribution in [1.82, 2.24) is 15.0 Å². The monoisotopic (exact) mass is 315 g/mol. The van der Waals surface area contributed by atoms with E-state index in [0.29, 0.717) is 0 Å². The van der Waals surface area contributed by atoms with Gasteiger partial charge < -0.3 is 10.1 Å². The summed E-state index contributed by atoms with van der Waals surface area (Å²) in [6.45, 7) is 2.03. The number of aromatic amines is 1. The van der Waals surface area contributed by atoms with Gasteiger partial charge >= 0.3 is 0 Å². The molecule has 4 nitrogen and oxygen atoms in total. The van der Waals surface area contributed by atoms with E-state index in [-0.39, 0.29) is 0 Å². The number of hydrogen-bond acceptors (Lipinski definition) is 3. The van der Waals surface area contributed by atoms with Gasteiger partial charge in [-0.15, -0.1) is 0 Å². The lowest BCUT2D eigenvalue weighted by Crippen LogP contribution is -2.00. The average molecular weight is 315 g/mol. The first-order valence-electron chi connectivity index (χ1n) is 7.84. The van der Waals surface area contributed by atoms with Crippen molar-refractivity contribution in [1.29, 1.82) is 0 Å². The first-order chi connectivity index (χ1) is 11.7. The van der Waals surface area contributed by atoms with Crippen LogP contribution in [0.15, 0.2) is 67.3 Å². The van der Waals surface area contributed by atoms with Crippen LogP contribution in [0.1, 0.15) is 22.8 Å². The summed E-state index contributed by atoms with van der Waals surface area (Å²) in [6, 6.07) is 13.9. The molecule has 4 heteroatoms. The van der Waals surface area contributed by atoms with Gasteiger partial charge in [0.15, 0.2) is 0 Å². The maximum atomic E-state index is 10.7. The van der Waals surface area contributed by atoms with Crippen LogP contribution in [0.3, 0.4) is 0 Å². The Bertz CT molecular complexity index is 989. The third-order valence-corrected chi connectivity index (χ3v) is 4.24. The molecular formula is C20H17N3O. The maximum absolute atomic E-state index is 10.7. The van der Waals surface area contributed by atoms with Gasteiger partial charge in [-0.05, 0) is 36.2 Å². The highest BCUT2D eigenvalue weighted by Crippen LogP contribution is 2.29. The molecule has 4 rings (SSSR count). The Labute approximate surface area is 139 Å². The molecule has 0 aliphatic carbocycles. The number of pyridine rings is 2. The predicted molar refractivity (Wildman–Crippen MR) is 94.6 cm³/mol. The van der Waals surface area contributed by atoms with E-state index in [1.165, 1.54) is 5.56 Å². The number of nitrogens with zero attached hydrogens (tertiary/aromatic N) is 2. The van der Waals surface area contributed by atoms with E-state index in [0.717, 1.165) is 33.3 Å². The minimum absolute atomic E-state index is 0.693. The summed E-state index contributed by atoms with van der Waals surface area (Å²) in [5.74, 6) is 0. The number of H-pyrrole nitrogens is 1. The number of rotatable bonds is 3. The van der Waals surface area contributed by atoms with Gasteiger partial charge in [-0.25, -0.2) is 4.98 Å². The van der Waals surface area contributed by atoms with Crippen LogP contribution in [0.4, 0.5) is 0 Å². The SMILES string of the molecule is Cc1ccc(C(O)c2cncc(-c3ccnc4[nH]ccc34)c2)cc1. The molecule has 3 aromatic heterocycles. The molecule has 1 unspecified atom stereocenters. The molecule has 0 spiro atoms. The van der Waals surface area contributed by atoms with E-state index >= 15 is 0 Å². The summed E-state index contributed by atoms with van der Waals surface area (Å²) in [6.07, 6.45) is 6.48. The van der Waals surface area contributed by atoms with Crippen molar-refractivity contribution in [2.75, 3.05) is 0 Å². The second-order valence-electron chi connectivity index (χ2n) is 5.92. The molecule has 1 atom stereocenters. The van der Waals surface area contributed by atoms with Crippen molar-refractivity contribution in [3.8, 4) is 11.1 Å². The van der Waals surface area contributed by atoms with Gasteiger partial charge in [0.1, 0.15) is 11.8 Å². The first kappa shape index (κ1) is 14.6. The molecule has 0 aliphatic rings. The maximum Gasteiger partial charge on any atom is 0.137 e. The van der Waals surface area contributed by atoms with Gasteiger partial charge in [0, 0.05) is 41.3 Å². The Morgan fingerprint density at radius 1 is 1.00 bits per heavy atom. The van der Waals surface area contributed by atoms with Gasteiger partial charge in [-0.1, -0.05) is 29.8 Å². The molecule has 0 bridgehead atoms. The van der Waals surface area contributed by atoms with Gasteiger partial charge in [0.2, 0.25) is 0 Å². The molecule has 0 saturated carbocycles. The lowest BCUT2D eigenvalue weighted by atomic mass is 9.98. The van der Waals surface area contributed by atoms with E-state index in [2.05, 4.69) is 15.0 Å².